The molecule has 0 bridgehead atoms. The molecule has 0 aromatic carbocycles. The average molecular weight is 254 g/mol. The van der Waals surface area contributed by atoms with Crippen molar-refractivity contribution in [1.82, 2.24) is 0 Å². The normalized spacial score (nSPS) is 17.0. The van der Waals surface area contributed by atoms with E-state index in [1.165, 1.54) is 0 Å². The van der Waals surface area contributed by atoms with Crippen LogP contribution in [0.3, 0.4) is 0 Å². The number of carbonyl (C=O) groups is 2. The summed E-state index contributed by atoms with van der Waals surface area (Å²) in [6.07, 6.45) is -9.76. The molecule has 0 aromatic rings. The molecular weight excluding hydrogens is 246 g/mol. The number of aliphatic hydroxyl groups is 4. The summed E-state index contributed by atoms with van der Waals surface area (Å²) in [5.41, 5.74) is 0. The molecule has 0 aliphatic heterocycles. The second-order valence-electron chi connectivity index (χ2n) is 2.51. The fourth-order valence-electron chi connectivity index (χ4n) is 0.652. The van der Waals surface area contributed by atoms with E-state index in [1.807, 2.05) is 0 Å². The Hall–Kier alpha value is 0.780. The average Bonchev–Trinajstić information content (AvgIpc) is 2.12. The van der Waals surface area contributed by atoms with Crippen LogP contribution >= 0.6 is 0 Å². The number of carboxylic acids is 2. The summed E-state index contributed by atoms with van der Waals surface area (Å²) < 4.78 is 0. The molecule has 4 atom stereocenters. The monoisotopic (exact) mass is 254 g/mol. The van der Waals surface area contributed by atoms with Crippen LogP contribution in [0, 0.1) is 0 Å². The standard InChI is InChI=1S/C6H10O8.2Na/c7-1(3(9)5(11)12)2(8)4(10)6(13)14;;/h1-4,7-10H,(H,11,12)(H,13,14);;/q;2*+1/p-2. The summed E-state index contributed by atoms with van der Waals surface area (Å²) in [7, 11) is 0. The third-order valence-corrected chi connectivity index (χ3v) is 1.48. The number of rotatable bonds is 5. The maximum atomic E-state index is 9.96. The van der Waals surface area contributed by atoms with Gasteiger partial charge in [-0.2, -0.15) is 0 Å². The molecule has 0 rings (SSSR count). The minimum Gasteiger partial charge on any atom is -0.547 e. The second-order valence-corrected chi connectivity index (χ2v) is 2.51. The van der Waals surface area contributed by atoms with Crippen LogP contribution < -0.4 is 69.3 Å². The zero-order chi connectivity index (χ0) is 11.5. The Bertz CT molecular complexity index is 211. The minimum atomic E-state index is -2.50. The summed E-state index contributed by atoms with van der Waals surface area (Å²) >= 11 is 0. The Morgan fingerprint density at radius 3 is 1.06 bits per heavy atom. The summed E-state index contributed by atoms with van der Waals surface area (Å²) in [6, 6.07) is 0. The Balaban J connectivity index is -0.000000845. The minimum absolute atomic E-state index is 0. The van der Waals surface area contributed by atoms with Gasteiger partial charge in [0.2, 0.25) is 0 Å². The van der Waals surface area contributed by atoms with Crippen LogP contribution in [0.4, 0.5) is 0 Å². The molecule has 10 heteroatoms. The van der Waals surface area contributed by atoms with Crippen molar-refractivity contribution in [3.8, 4) is 0 Å². The molecule has 0 radical (unpaired) electrons. The summed E-state index contributed by atoms with van der Waals surface area (Å²) in [4.78, 5) is 19.9. The van der Waals surface area contributed by atoms with E-state index in [2.05, 4.69) is 0 Å². The first-order valence-electron chi connectivity index (χ1n) is 3.43. The van der Waals surface area contributed by atoms with Crippen LogP contribution in [0.1, 0.15) is 0 Å². The van der Waals surface area contributed by atoms with Gasteiger partial charge in [0.25, 0.3) is 0 Å². The number of hydrogen-bond acceptors (Lipinski definition) is 8. The van der Waals surface area contributed by atoms with E-state index >= 15 is 0 Å². The summed E-state index contributed by atoms with van der Waals surface area (Å²) in [6.45, 7) is 0. The smallest absolute Gasteiger partial charge is 0.547 e. The largest absolute Gasteiger partial charge is 1.00 e. The Morgan fingerprint density at radius 1 is 0.750 bits per heavy atom. The number of carboxylic acid groups (broad SMARTS) is 2. The van der Waals surface area contributed by atoms with Crippen molar-refractivity contribution in [2.45, 2.75) is 24.4 Å². The Labute approximate surface area is 134 Å². The molecule has 0 fully saturated rings. The predicted octanol–water partition coefficient (Wildman–Crippen LogP) is -12.1. The van der Waals surface area contributed by atoms with Crippen molar-refractivity contribution >= 4 is 11.9 Å². The van der Waals surface area contributed by atoms with Crippen LogP contribution in [0.15, 0.2) is 0 Å². The predicted molar refractivity (Wildman–Crippen MR) is 34.0 cm³/mol. The van der Waals surface area contributed by atoms with Crippen molar-refractivity contribution in [2.75, 3.05) is 0 Å². The van der Waals surface area contributed by atoms with Gasteiger partial charge in [-0.3, -0.25) is 0 Å². The van der Waals surface area contributed by atoms with Gasteiger partial charge in [-0.25, -0.2) is 0 Å². The molecular formula is C6H8Na2O8. The van der Waals surface area contributed by atoms with Crippen molar-refractivity contribution in [1.29, 1.82) is 0 Å². The van der Waals surface area contributed by atoms with Crippen LogP contribution in [0.5, 0.6) is 0 Å². The fourth-order valence-corrected chi connectivity index (χ4v) is 0.652. The fraction of sp³-hybridized carbons (Fsp3) is 0.667. The van der Waals surface area contributed by atoms with Gasteiger partial charge in [-0.1, -0.05) is 0 Å². The van der Waals surface area contributed by atoms with Gasteiger partial charge in [-0.05, 0) is 0 Å². The van der Waals surface area contributed by atoms with E-state index in [4.69, 9.17) is 20.4 Å². The maximum Gasteiger partial charge on any atom is 1.00 e. The maximum absolute atomic E-state index is 9.96. The van der Waals surface area contributed by atoms with E-state index in [1.54, 1.807) is 0 Å². The molecule has 82 valence electrons. The van der Waals surface area contributed by atoms with Crippen molar-refractivity contribution in [3.05, 3.63) is 0 Å². The van der Waals surface area contributed by atoms with Crippen LogP contribution in [-0.4, -0.2) is 56.8 Å². The first kappa shape index (κ1) is 22.0. The first-order valence-corrected chi connectivity index (χ1v) is 3.43. The molecule has 16 heavy (non-hydrogen) atoms. The summed E-state index contributed by atoms with van der Waals surface area (Å²) in [5, 5.41) is 54.7. The van der Waals surface area contributed by atoms with E-state index in [0.717, 1.165) is 0 Å². The molecule has 4 unspecified atom stereocenters. The SMILES string of the molecule is O=C([O-])C(O)C(O)C(O)C(O)C(=O)[O-].[Na+].[Na+]. The number of aliphatic carboxylic acids is 2. The Morgan fingerprint density at radius 2 is 0.938 bits per heavy atom. The molecule has 0 spiro atoms. The van der Waals surface area contributed by atoms with Crippen molar-refractivity contribution < 1.29 is 99.3 Å². The zero-order valence-corrected chi connectivity index (χ0v) is 12.7. The second kappa shape index (κ2) is 9.77. The van der Waals surface area contributed by atoms with Gasteiger partial charge in [-0.15, -0.1) is 0 Å². The quantitative estimate of drug-likeness (QED) is 0.351. The van der Waals surface area contributed by atoms with Gasteiger partial charge in [0, 0.05) is 0 Å². The van der Waals surface area contributed by atoms with E-state index in [0.29, 0.717) is 0 Å². The van der Waals surface area contributed by atoms with Crippen molar-refractivity contribution in [3.63, 3.8) is 0 Å². The summed E-state index contributed by atoms with van der Waals surface area (Å²) in [5.74, 6) is -4.22. The molecule has 4 N–H and O–H groups in total. The molecule has 8 nitrogen and oxygen atoms in total. The number of hydrogen-bond donors (Lipinski definition) is 4. The van der Waals surface area contributed by atoms with E-state index < -0.39 is 36.4 Å². The number of carbonyl (C=O) groups excluding carboxylic acids is 2. The van der Waals surface area contributed by atoms with E-state index in [-0.39, 0.29) is 59.1 Å². The third-order valence-electron chi connectivity index (χ3n) is 1.48. The van der Waals surface area contributed by atoms with Crippen LogP contribution in [-0.2, 0) is 9.59 Å². The van der Waals surface area contributed by atoms with Crippen molar-refractivity contribution in [2.24, 2.45) is 0 Å². The van der Waals surface area contributed by atoms with Gasteiger partial charge in [0.15, 0.2) is 0 Å². The first-order chi connectivity index (χ1) is 6.29. The van der Waals surface area contributed by atoms with Crippen LogP contribution in [0.25, 0.3) is 0 Å². The van der Waals surface area contributed by atoms with Gasteiger partial charge in [0.1, 0.15) is 24.4 Å². The zero-order valence-electron chi connectivity index (χ0n) is 8.73. The van der Waals surface area contributed by atoms with E-state index in [9.17, 15) is 19.8 Å². The molecule has 0 heterocycles. The topological polar surface area (TPSA) is 161 Å². The van der Waals surface area contributed by atoms with Gasteiger partial charge < -0.3 is 40.2 Å². The molecule has 0 saturated heterocycles. The molecule has 0 aliphatic rings. The van der Waals surface area contributed by atoms with Crippen LogP contribution in [0.2, 0.25) is 0 Å². The van der Waals surface area contributed by atoms with Gasteiger partial charge >= 0.3 is 59.1 Å². The number of aliphatic hydroxyl groups excluding tert-OH is 4. The molecule has 0 saturated carbocycles. The molecule has 0 aromatic heterocycles. The molecule has 0 aliphatic carbocycles. The Kier molecular flexibility index (Phi) is 13.4. The van der Waals surface area contributed by atoms with Gasteiger partial charge in [0.05, 0.1) is 11.9 Å². The molecule has 0 amide bonds. The third kappa shape index (κ3) is 6.50.